The van der Waals surface area contributed by atoms with E-state index in [4.69, 9.17) is 21.1 Å². The van der Waals surface area contributed by atoms with Gasteiger partial charge in [0.25, 0.3) is 10.0 Å². The normalized spacial score (nSPS) is 11.4. The third kappa shape index (κ3) is 3.36. The van der Waals surface area contributed by atoms with Gasteiger partial charge in [-0.05, 0) is 40.2 Å². The van der Waals surface area contributed by atoms with Crippen LogP contribution < -0.4 is 4.72 Å². The summed E-state index contributed by atoms with van der Waals surface area (Å²) in [4.78, 5) is 10.7. The highest BCUT2D eigenvalue weighted by molar-refractivity contribution is 9.10. The van der Waals surface area contributed by atoms with Crippen LogP contribution in [-0.4, -0.2) is 19.5 Å². The third-order valence-electron chi connectivity index (χ3n) is 2.30. The molecule has 112 valence electrons. The SMILES string of the molecule is O=C(O)c1ccc(S(=O)(=O)Nc2c(Cl)cc(F)cc2Br)o1. The predicted molar refractivity (Wildman–Crippen MR) is 75.6 cm³/mol. The van der Waals surface area contributed by atoms with Gasteiger partial charge in [0.1, 0.15) is 5.82 Å². The Hall–Kier alpha value is -1.58. The van der Waals surface area contributed by atoms with Gasteiger partial charge in [-0.1, -0.05) is 11.6 Å². The largest absolute Gasteiger partial charge is 0.475 e. The summed E-state index contributed by atoms with van der Waals surface area (Å²) in [5, 5.41) is 7.92. The number of benzene rings is 1. The van der Waals surface area contributed by atoms with Gasteiger partial charge < -0.3 is 9.52 Å². The molecule has 2 aromatic rings. The zero-order valence-corrected chi connectivity index (χ0v) is 13.1. The van der Waals surface area contributed by atoms with E-state index >= 15 is 0 Å². The molecule has 0 spiro atoms. The minimum atomic E-state index is -4.20. The van der Waals surface area contributed by atoms with E-state index in [9.17, 15) is 17.6 Å². The molecule has 0 unspecified atom stereocenters. The summed E-state index contributed by atoms with van der Waals surface area (Å²) in [5.74, 6) is -2.59. The van der Waals surface area contributed by atoms with Gasteiger partial charge in [-0.15, -0.1) is 0 Å². The van der Waals surface area contributed by atoms with Crippen molar-refractivity contribution in [2.45, 2.75) is 5.09 Å². The highest BCUT2D eigenvalue weighted by Crippen LogP contribution is 2.33. The monoisotopic (exact) mass is 397 g/mol. The number of carboxylic acids is 1. The number of rotatable bonds is 4. The number of sulfonamides is 1. The first kappa shape index (κ1) is 15.8. The van der Waals surface area contributed by atoms with E-state index in [0.717, 1.165) is 24.3 Å². The molecule has 2 N–H and O–H groups in total. The summed E-state index contributed by atoms with van der Waals surface area (Å²) in [5.41, 5.74) is -0.0914. The smallest absolute Gasteiger partial charge is 0.371 e. The number of carboxylic acid groups (broad SMARTS) is 1. The number of hydrogen-bond acceptors (Lipinski definition) is 4. The molecule has 0 aliphatic heterocycles. The van der Waals surface area contributed by atoms with Crippen molar-refractivity contribution < 1.29 is 27.1 Å². The predicted octanol–water partition coefficient (Wildman–Crippen LogP) is 3.33. The molecular weight excluding hydrogens is 393 g/mol. The molecule has 0 fully saturated rings. The van der Waals surface area contributed by atoms with Crippen LogP contribution in [0.25, 0.3) is 0 Å². The number of anilines is 1. The quantitative estimate of drug-likeness (QED) is 0.823. The molecule has 0 amide bonds. The molecule has 2 rings (SSSR count). The zero-order chi connectivity index (χ0) is 15.8. The lowest BCUT2D eigenvalue weighted by atomic mass is 10.3. The molecule has 1 aromatic heterocycles. The van der Waals surface area contributed by atoms with Gasteiger partial charge in [0.2, 0.25) is 10.9 Å². The summed E-state index contributed by atoms with van der Waals surface area (Å²) in [6, 6.07) is 3.93. The summed E-state index contributed by atoms with van der Waals surface area (Å²) in [6.07, 6.45) is 0. The standard InChI is InChI=1S/C11H6BrClFNO5S/c12-6-3-5(14)4-7(13)10(6)15-21(18,19)9-2-1-8(20-9)11(16)17/h1-4,15H,(H,16,17). The number of carbonyl (C=O) groups is 1. The average Bonchev–Trinajstić information content (AvgIpc) is 2.84. The topological polar surface area (TPSA) is 96.6 Å². The zero-order valence-electron chi connectivity index (χ0n) is 9.93. The molecule has 0 atom stereocenters. The van der Waals surface area contributed by atoms with E-state index in [2.05, 4.69) is 20.7 Å². The van der Waals surface area contributed by atoms with Gasteiger partial charge >= 0.3 is 5.97 Å². The first-order valence-electron chi connectivity index (χ1n) is 5.21. The van der Waals surface area contributed by atoms with Crippen molar-refractivity contribution in [2.24, 2.45) is 0 Å². The van der Waals surface area contributed by atoms with Crippen molar-refractivity contribution in [2.75, 3.05) is 4.72 Å². The molecule has 10 heteroatoms. The maximum atomic E-state index is 13.1. The van der Waals surface area contributed by atoms with Crippen molar-refractivity contribution in [3.05, 3.63) is 45.3 Å². The van der Waals surface area contributed by atoms with Crippen molar-refractivity contribution in [1.82, 2.24) is 0 Å². The fourth-order valence-electron chi connectivity index (χ4n) is 1.40. The van der Waals surface area contributed by atoms with Gasteiger partial charge in [0.05, 0.1) is 10.7 Å². The van der Waals surface area contributed by atoms with Gasteiger partial charge in [0, 0.05) is 4.47 Å². The maximum absolute atomic E-state index is 13.1. The van der Waals surface area contributed by atoms with Gasteiger partial charge in [-0.25, -0.2) is 9.18 Å². The second-order valence-corrected chi connectivity index (χ2v) is 6.65. The van der Waals surface area contributed by atoms with Gasteiger partial charge in [0.15, 0.2) is 0 Å². The lowest BCUT2D eigenvalue weighted by Crippen LogP contribution is -2.13. The van der Waals surface area contributed by atoms with Crippen LogP contribution in [0.15, 0.2) is 38.2 Å². The maximum Gasteiger partial charge on any atom is 0.371 e. The Balaban J connectivity index is 2.40. The number of nitrogens with one attached hydrogen (secondary N) is 1. The van der Waals surface area contributed by atoms with E-state index < -0.39 is 32.7 Å². The Morgan fingerprint density at radius 2 is 2.05 bits per heavy atom. The first-order chi connectivity index (χ1) is 9.70. The molecule has 0 saturated carbocycles. The Morgan fingerprint density at radius 3 is 2.57 bits per heavy atom. The van der Waals surface area contributed by atoms with Gasteiger partial charge in [-0.2, -0.15) is 8.42 Å². The fourth-order valence-corrected chi connectivity index (χ4v) is 3.53. The summed E-state index contributed by atoms with van der Waals surface area (Å²) in [7, 11) is -4.20. The number of aromatic carboxylic acids is 1. The summed E-state index contributed by atoms with van der Waals surface area (Å²) < 4.78 is 44.1. The molecule has 0 radical (unpaired) electrons. The van der Waals surface area contributed by atoms with Crippen LogP contribution in [-0.2, 0) is 10.0 Å². The molecule has 6 nitrogen and oxygen atoms in total. The van der Waals surface area contributed by atoms with E-state index in [-0.39, 0.29) is 15.2 Å². The number of hydrogen-bond donors (Lipinski definition) is 2. The lowest BCUT2D eigenvalue weighted by molar-refractivity contribution is 0.0656. The van der Waals surface area contributed by atoms with Crippen molar-refractivity contribution >= 4 is 49.2 Å². The average molecular weight is 399 g/mol. The Morgan fingerprint density at radius 1 is 1.38 bits per heavy atom. The molecular formula is C11H6BrClFNO5S. The van der Waals surface area contributed by atoms with Crippen molar-refractivity contribution in [1.29, 1.82) is 0 Å². The summed E-state index contributed by atoms with van der Waals surface area (Å²) in [6.45, 7) is 0. The summed E-state index contributed by atoms with van der Waals surface area (Å²) >= 11 is 8.74. The highest BCUT2D eigenvalue weighted by atomic mass is 79.9. The molecule has 0 bridgehead atoms. The van der Waals surface area contributed by atoms with E-state index in [1.165, 1.54) is 0 Å². The van der Waals surface area contributed by atoms with Crippen LogP contribution in [0.3, 0.4) is 0 Å². The third-order valence-corrected chi connectivity index (χ3v) is 4.45. The molecule has 1 heterocycles. The lowest BCUT2D eigenvalue weighted by Gasteiger charge is -2.09. The van der Waals surface area contributed by atoms with Crippen LogP contribution in [0.1, 0.15) is 10.6 Å². The van der Waals surface area contributed by atoms with Crippen LogP contribution >= 0.6 is 27.5 Å². The molecule has 0 saturated heterocycles. The Kier molecular flexibility index (Phi) is 4.26. The van der Waals surface area contributed by atoms with Crippen LogP contribution in [0.4, 0.5) is 10.1 Å². The molecule has 0 aliphatic carbocycles. The molecule has 1 aromatic carbocycles. The number of halogens is 3. The van der Waals surface area contributed by atoms with Crippen molar-refractivity contribution in [3.63, 3.8) is 0 Å². The fraction of sp³-hybridized carbons (Fsp3) is 0. The highest BCUT2D eigenvalue weighted by Gasteiger charge is 2.23. The Labute approximate surface area is 131 Å². The van der Waals surface area contributed by atoms with E-state index in [1.807, 2.05) is 0 Å². The van der Waals surface area contributed by atoms with Crippen molar-refractivity contribution in [3.8, 4) is 0 Å². The molecule has 21 heavy (non-hydrogen) atoms. The second-order valence-electron chi connectivity index (χ2n) is 3.77. The minimum absolute atomic E-state index is 0.0843. The molecule has 0 aliphatic rings. The first-order valence-corrected chi connectivity index (χ1v) is 7.86. The van der Waals surface area contributed by atoms with Gasteiger partial charge in [-0.3, -0.25) is 4.72 Å². The second kappa shape index (κ2) is 5.66. The minimum Gasteiger partial charge on any atom is -0.475 e. The number of furan rings is 1. The van der Waals surface area contributed by atoms with Crippen LogP contribution in [0.5, 0.6) is 0 Å². The van der Waals surface area contributed by atoms with E-state index in [0.29, 0.717) is 0 Å². The Bertz CT molecular complexity index is 797. The van der Waals surface area contributed by atoms with Crippen LogP contribution in [0.2, 0.25) is 5.02 Å². The van der Waals surface area contributed by atoms with E-state index in [1.54, 1.807) is 0 Å². The van der Waals surface area contributed by atoms with Crippen LogP contribution in [0, 0.1) is 5.82 Å².